The third kappa shape index (κ3) is 3.49. The fourth-order valence-corrected chi connectivity index (χ4v) is 1.70. The minimum absolute atomic E-state index is 0.253. The molecule has 0 N–H and O–H groups in total. The standard InChI is InChI=1S/C12H17ClN2O/c1-4-5-6-7-16-12-10(9(2)3)11(13)14-8-15-12/h4,8-9H,1,5-7H2,2-3H3. The van der Waals surface area contributed by atoms with Crippen LogP contribution in [0.2, 0.25) is 5.15 Å². The Balaban J connectivity index is 2.71. The van der Waals surface area contributed by atoms with Crippen LogP contribution < -0.4 is 4.74 Å². The summed E-state index contributed by atoms with van der Waals surface area (Å²) in [5.74, 6) is 0.849. The zero-order valence-electron chi connectivity index (χ0n) is 9.74. The van der Waals surface area contributed by atoms with Gasteiger partial charge in [0.05, 0.1) is 12.2 Å². The van der Waals surface area contributed by atoms with E-state index in [1.54, 1.807) is 0 Å². The molecule has 16 heavy (non-hydrogen) atoms. The molecule has 4 heteroatoms. The van der Waals surface area contributed by atoms with E-state index in [-0.39, 0.29) is 5.92 Å². The van der Waals surface area contributed by atoms with Crippen LogP contribution in [-0.2, 0) is 0 Å². The Labute approximate surface area is 102 Å². The molecule has 0 spiro atoms. The number of ether oxygens (including phenoxy) is 1. The Bertz CT molecular complexity index is 353. The Kier molecular flexibility index (Phi) is 5.26. The van der Waals surface area contributed by atoms with Crippen LogP contribution >= 0.6 is 11.6 Å². The van der Waals surface area contributed by atoms with Crippen LogP contribution in [0.25, 0.3) is 0 Å². The summed E-state index contributed by atoms with van der Waals surface area (Å²) < 4.78 is 5.60. The first kappa shape index (κ1) is 13.0. The van der Waals surface area contributed by atoms with Crippen LogP contribution in [0.1, 0.15) is 38.2 Å². The molecule has 0 saturated carbocycles. The summed E-state index contributed by atoms with van der Waals surface area (Å²) in [5.41, 5.74) is 0.878. The maximum absolute atomic E-state index is 6.02. The minimum atomic E-state index is 0.253. The SMILES string of the molecule is C=CCCCOc1ncnc(Cl)c1C(C)C. The summed E-state index contributed by atoms with van der Waals surface area (Å²) in [5, 5.41) is 0.476. The molecule has 1 heterocycles. The molecule has 1 rings (SSSR count). The summed E-state index contributed by atoms with van der Waals surface area (Å²) in [6.45, 7) is 8.37. The van der Waals surface area contributed by atoms with Gasteiger partial charge in [0.25, 0.3) is 0 Å². The highest BCUT2D eigenvalue weighted by Gasteiger charge is 2.14. The van der Waals surface area contributed by atoms with E-state index in [0.717, 1.165) is 18.4 Å². The van der Waals surface area contributed by atoms with Crippen molar-refractivity contribution >= 4 is 11.6 Å². The van der Waals surface area contributed by atoms with Crippen molar-refractivity contribution in [2.75, 3.05) is 6.61 Å². The number of hydrogen-bond acceptors (Lipinski definition) is 3. The second-order valence-corrected chi connectivity index (χ2v) is 4.18. The van der Waals surface area contributed by atoms with Crippen LogP contribution in [0.3, 0.4) is 0 Å². The molecule has 0 unspecified atom stereocenters. The quantitative estimate of drug-likeness (QED) is 0.433. The van der Waals surface area contributed by atoms with Gasteiger partial charge in [-0.2, -0.15) is 0 Å². The van der Waals surface area contributed by atoms with Crippen molar-refractivity contribution in [3.63, 3.8) is 0 Å². The van der Waals surface area contributed by atoms with Crippen LogP contribution in [0.15, 0.2) is 19.0 Å². The smallest absolute Gasteiger partial charge is 0.221 e. The molecule has 0 aliphatic rings. The Hall–Kier alpha value is -1.09. The van der Waals surface area contributed by atoms with Crippen LogP contribution in [0.5, 0.6) is 5.88 Å². The molecule has 0 aliphatic heterocycles. The van der Waals surface area contributed by atoms with Crippen molar-refractivity contribution in [3.05, 3.63) is 29.7 Å². The van der Waals surface area contributed by atoms with E-state index < -0.39 is 0 Å². The van der Waals surface area contributed by atoms with Crippen molar-refractivity contribution in [2.24, 2.45) is 0 Å². The summed E-state index contributed by atoms with van der Waals surface area (Å²) in [7, 11) is 0. The number of halogens is 1. The highest BCUT2D eigenvalue weighted by atomic mass is 35.5. The molecule has 3 nitrogen and oxygen atoms in total. The zero-order valence-corrected chi connectivity index (χ0v) is 10.5. The van der Waals surface area contributed by atoms with Gasteiger partial charge in [0.2, 0.25) is 5.88 Å². The summed E-state index contributed by atoms with van der Waals surface area (Å²) in [6.07, 6.45) is 5.18. The van der Waals surface area contributed by atoms with Gasteiger partial charge in [0.15, 0.2) is 0 Å². The summed E-state index contributed by atoms with van der Waals surface area (Å²) >= 11 is 6.02. The van der Waals surface area contributed by atoms with Gasteiger partial charge in [-0.3, -0.25) is 0 Å². The van der Waals surface area contributed by atoms with Crippen molar-refractivity contribution in [2.45, 2.75) is 32.6 Å². The van der Waals surface area contributed by atoms with Gasteiger partial charge in [-0.15, -0.1) is 6.58 Å². The number of rotatable bonds is 6. The molecule has 0 saturated heterocycles. The van der Waals surface area contributed by atoms with E-state index in [1.807, 2.05) is 19.9 Å². The topological polar surface area (TPSA) is 35.0 Å². The molecule has 0 fully saturated rings. The average molecular weight is 241 g/mol. The Morgan fingerprint density at radius 1 is 1.50 bits per heavy atom. The lowest BCUT2D eigenvalue weighted by Crippen LogP contribution is -2.04. The first-order valence-corrected chi connectivity index (χ1v) is 5.78. The fraction of sp³-hybridized carbons (Fsp3) is 0.500. The zero-order chi connectivity index (χ0) is 12.0. The fourth-order valence-electron chi connectivity index (χ4n) is 1.36. The van der Waals surface area contributed by atoms with E-state index in [9.17, 15) is 0 Å². The third-order valence-corrected chi connectivity index (χ3v) is 2.47. The lowest BCUT2D eigenvalue weighted by molar-refractivity contribution is 0.295. The number of allylic oxidation sites excluding steroid dienone is 1. The first-order valence-electron chi connectivity index (χ1n) is 5.41. The second-order valence-electron chi connectivity index (χ2n) is 3.82. The van der Waals surface area contributed by atoms with Crippen molar-refractivity contribution in [1.29, 1.82) is 0 Å². The van der Waals surface area contributed by atoms with E-state index >= 15 is 0 Å². The van der Waals surface area contributed by atoms with Gasteiger partial charge < -0.3 is 4.74 Å². The third-order valence-electron chi connectivity index (χ3n) is 2.17. The lowest BCUT2D eigenvalue weighted by Gasteiger charge is -2.13. The Morgan fingerprint density at radius 3 is 2.88 bits per heavy atom. The molecular weight excluding hydrogens is 224 g/mol. The summed E-state index contributed by atoms with van der Waals surface area (Å²) in [4.78, 5) is 8.08. The highest BCUT2D eigenvalue weighted by Crippen LogP contribution is 2.29. The minimum Gasteiger partial charge on any atom is -0.477 e. The van der Waals surface area contributed by atoms with E-state index in [0.29, 0.717) is 17.6 Å². The molecule has 1 aromatic heterocycles. The van der Waals surface area contributed by atoms with E-state index in [4.69, 9.17) is 16.3 Å². The number of hydrogen-bond donors (Lipinski definition) is 0. The van der Waals surface area contributed by atoms with Crippen LogP contribution in [-0.4, -0.2) is 16.6 Å². The molecule has 0 aliphatic carbocycles. The van der Waals surface area contributed by atoms with Crippen molar-refractivity contribution in [3.8, 4) is 5.88 Å². The summed E-state index contributed by atoms with van der Waals surface area (Å²) in [6, 6.07) is 0. The molecule has 88 valence electrons. The first-order chi connectivity index (χ1) is 7.66. The van der Waals surface area contributed by atoms with Gasteiger partial charge >= 0.3 is 0 Å². The Morgan fingerprint density at radius 2 is 2.25 bits per heavy atom. The molecule has 1 aromatic rings. The van der Waals surface area contributed by atoms with Gasteiger partial charge in [-0.05, 0) is 18.8 Å². The van der Waals surface area contributed by atoms with Crippen LogP contribution in [0.4, 0.5) is 0 Å². The monoisotopic (exact) mass is 240 g/mol. The van der Waals surface area contributed by atoms with Crippen molar-refractivity contribution < 1.29 is 4.74 Å². The highest BCUT2D eigenvalue weighted by molar-refractivity contribution is 6.30. The largest absolute Gasteiger partial charge is 0.477 e. The van der Waals surface area contributed by atoms with Crippen LogP contribution in [0, 0.1) is 0 Å². The number of nitrogens with zero attached hydrogens (tertiary/aromatic N) is 2. The maximum atomic E-state index is 6.02. The molecule has 0 radical (unpaired) electrons. The lowest BCUT2D eigenvalue weighted by atomic mass is 10.1. The molecule has 0 aromatic carbocycles. The second kappa shape index (κ2) is 6.48. The molecule has 0 bridgehead atoms. The number of aromatic nitrogens is 2. The van der Waals surface area contributed by atoms with E-state index in [2.05, 4.69) is 16.5 Å². The van der Waals surface area contributed by atoms with Gasteiger partial charge in [0, 0.05) is 0 Å². The predicted octanol–water partition coefficient (Wildman–Crippen LogP) is 3.60. The average Bonchev–Trinajstić information content (AvgIpc) is 2.24. The predicted molar refractivity (Wildman–Crippen MR) is 66.1 cm³/mol. The van der Waals surface area contributed by atoms with E-state index in [1.165, 1.54) is 6.33 Å². The van der Waals surface area contributed by atoms with Gasteiger partial charge in [-0.1, -0.05) is 31.5 Å². The molecular formula is C12H17ClN2O. The normalized spacial score (nSPS) is 10.5. The van der Waals surface area contributed by atoms with Crippen molar-refractivity contribution in [1.82, 2.24) is 9.97 Å². The van der Waals surface area contributed by atoms with Gasteiger partial charge in [0.1, 0.15) is 11.5 Å². The van der Waals surface area contributed by atoms with Gasteiger partial charge in [-0.25, -0.2) is 9.97 Å². The molecule has 0 atom stereocenters. The molecule has 0 amide bonds. The maximum Gasteiger partial charge on any atom is 0.221 e. The number of unbranched alkanes of at least 4 members (excludes halogenated alkanes) is 1.